The van der Waals surface area contributed by atoms with Gasteiger partial charge in [0.2, 0.25) is 0 Å². The maximum absolute atomic E-state index is 6.72. The molecule has 7 N–H and O–H groups in total. The molecule has 1 aliphatic rings. The van der Waals surface area contributed by atoms with E-state index in [1.807, 2.05) is 30.5 Å². The Bertz CT molecular complexity index is 812. The highest BCUT2D eigenvalue weighted by Crippen LogP contribution is 2.37. The molecular weight excluding hydrogens is 328 g/mol. The van der Waals surface area contributed by atoms with E-state index in [1.54, 1.807) is 7.11 Å². The summed E-state index contributed by atoms with van der Waals surface area (Å²) >= 11 is 0. The SMILES string of the molecule is CCCCCC1(N)N=C(N)Nc2ccn(Cc3cc(N)ccc3OC)c21. The lowest BCUT2D eigenvalue weighted by Crippen LogP contribution is -2.44. The minimum Gasteiger partial charge on any atom is -0.496 e. The third-order valence-corrected chi connectivity index (χ3v) is 4.76. The molecule has 1 atom stereocenters. The van der Waals surface area contributed by atoms with Crippen molar-refractivity contribution in [1.82, 2.24) is 4.57 Å². The standard InChI is InChI=1S/C19H28N6O/c1-3-4-5-9-19(22)17-15(23-18(21)24-19)8-10-25(17)12-13-11-14(20)6-7-16(13)26-2/h6-8,10-11H,3-5,9,12,20,22H2,1-2H3,(H3,21,23,24). The van der Waals surface area contributed by atoms with Crippen LogP contribution in [-0.2, 0) is 12.2 Å². The van der Waals surface area contributed by atoms with Crippen molar-refractivity contribution in [2.24, 2.45) is 16.5 Å². The van der Waals surface area contributed by atoms with Gasteiger partial charge < -0.3 is 31.8 Å². The Morgan fingerprint density at radius 3 is 2.77 bits per heavy atom. The summed E-state index contributed by atoms with van der Waals surface area (Å²) < 4.78 is 7.58. The molecule has 1 aromatic carbocycles. The van der Waals surface area contributed by atoms with Crippen LogP contribution in [0.1, 0.15) is 43.9 Å². The van der Waals surface area contributed by atoms with Crippen molar-refractivity contribution in [2.45, 2.75) is 44.8 Å². The van der Waals surface area contributed by atoms with Crippen LogP contribution in [0.15, 0.2) is 35.5 Å². The van der Waals surface area contributed by atoms with Gasteiger partial charge in [-0.25, -0.2) is 4.99 Å². The number of ether oxygens (including phenoxy) is 1. The number of hydrogen-bond acceptors (Lipinski definition) is 6. The van der Waals surface area contributed by atoms with Crippen molar-refractivity contribution >= 4 is 17.3 Å². The molecule has 1 aliphatic heterocycles. The summed E-state index contributed by atoms with van der Waals surface area (Å²) in [4.78, 5) is 4.55. The number of anilines is 2. The zero-order valence-electron chi connectivity index (χ0n) is 15.5. The van der Waals surface area contributed by atoms with Crippen LogP contribution in [0.5, 0.6) is 5.75 Å². The van der Waals surface area contributed by atoms with E-state index >= 15 is 0 Å². The van der Waals surface area contributed by atoms with E-state index in [0.29, 0.717) is 18.2 Å². The molecular formula is C19H28N6O. The van der Waals surface area contributed by atoms with Gasteiger partial charge in [-0.2, -0.15) is 0 Å². The molecule has 140 valence electrons. The molecule has 1 unspecified atom stereocenters. The highest BCUT2D eigenvalue weighted by molar-refractivity contribution is 5.95. The lowest BCUT2D eigenvalue weighted by molar-refractivity contribution is 0.378. The maximum atomic E-state index is 6.72. The van der Waals surface area contributed by atoms with Gasteiger partial charge in [-0.15, -0.1) is 0 Å². The van der Waals surface area contributed by atoms with Gasteiger partial charge in [0.25, 0.3) is 0 Å². The molecule has 0 spiro atoms. The minimum atomic E-state index is -0.836. The van der Waals surface area contributed by atoms with E-state index in [2.05, 4.69) is 21.8 Å². The number of methoxy groups -OCH3 is 1. The molecule has 0 bridgehead atoms. The van der Waals surface area contributed by atoms with Crippen molar-refractivity contribution in [1.29, 1.82) is 0 Å². The quantitative estimate of drug-likeness (QED) is 0.449. The lowest BCUT2D eigenvalue weighted by Gasteiger charge is -2.32. The molecule has 0 saturated heterocycles. The number of guanidine groups is 1. The first kappa shape index (κ1) is 18.1. The highest BCUT2D eigenvalue weighted by atomic mass is 16.5. The van der Waals surface area contributed by atoms with Crippen molar-refractivity contribution in [3.05, 3.63) is 41.7 Å². The Morgan fingerprint density at radius 2 is 2.04 bits per heavy atom. The summed E-state index contributed by atoms with van der Waals surface area (Å²) in [5.41, 5.74) is 21.3. The molecule has 0 radical (unpaired) electrons. The van der Waals surface area contributed by atoms with Crippen LogP contribution in [0.25, 0.3) is 0 Å². The molecule has 0 saturated carbocycles. The summed E-state index contributed by atoms with van der Waals surface area (Å²) in [5.74, 6) is 1.15. The number of unbranched alkanes of at least 4 members (excludes halogenated alkanes) is 2. The number of fused-ring (bicyclic) bond motifs is 1. The topological polar surface area (TPSA) is 117 Å². The Kier molecular flexibility index (Phi) is 5.08. The zero-order chi connectivity index (χ0) is 18.7. The molecule has 3 rings (SSSR count). The number of aromatic nitrogens is 1. The molecule has 7 heteroatoms. The van der Waals surface area contributed by atoms with E-state index in [1.165, 1.54) is 0 Å². The lowest BCUT2D eigenvalue weighted by atomic mass is 9.97. The van der Waals surface area contributed by atoms with E-state index in [9.17, 15) is 0 Å². The van der Waals surface area contributed by atoms with Crippen LogP contribution in [0.2, 0.25) is 0 Å². The van der Waals surface area contributed by atoms with Gasteiger partial charge in [0.1, 0.15) is 5.75 Å². The molecule has 7 nitrogen and oxygen atoms in total. The van der Waals surface area contributed by atoms with Gasteiger partial charge in [-0.05, 0) is 37.1 Å². The van der Waals surface area contributed by atoms with Crippen LogP contribution in [0.3, 0.4) is 0 Å². The number of nitrogen functional groups attached to an aromatic ring is 1. The second-order valence-electron chi connectivity index (χ2n) is 6.78. The number of hydrogen-bond donors (Lipinski definition) is 4. The fourth-order valence-corrected chi connectivity index (χ4v) is 3.55. The molecule has 2 heterocycles. The van der Waals surface area contributed by atoms with Crippen LogP contribution in [-0.4, -0.2) is 17.6 Å². The molecule has 0 aliphatic carbocycles. The maximum Gasteiger partial charge on any atom is 0.195 e. The van der Waals surface area contributed by atoms with Crippen LogP contribution in [0, 0.1) is 0 Å². The minimum absolute atomic E-state index is 0.357. The average molecular weight is 356 g/mol. The molecule has 2 aromatic rings. The Labute approximate surface area is 154 Å². The van der Waals surface area contributed by atoms with Gasteiger partial charge in [0.15, 0.2) is 11.6 Å². The summed E-state index contributed by atoms with van der Waals surface area (Å²) in [5, 5.41) is 3.12. The summed E-state index contributed by atoms with van der Waals surface area (Å²) in [6.07, 6.45) is 5.98. The number of aliphatic imine (C=N–C) groups is 1. The predicted octanol–water partition coefficient (Wildman–Crippen LogP) is 2.56. The number of nitrogens with two attached hydrogens (primary N) is 3. The zero-order valence-corrected chi connectivity index (χ0v) is 15.5. The second kappa shape index (κ2) is 7.29. The van der Waals surface area contributed by atoms with Gasteiger partial charge in [-0.1, -0.05) is 19.8 Å². The van der Waals surface area contributed by atoms with Crippen molar-refractivity contribution in [3.63, 3.8) is 0 Å². The first-order valence-electron chi connectivity index (χ1n) is 9.00. The normalized spacial score (nSPS) is 18.8. The monoisotopic (exact) mass is 356 g/mol. The second-order valence-corrected chi connectivity index (χ2v) is 6.78. The summed E-state index contributed by atoms with van der Waals surface area (Å²) in [7, 11) is 1.66. The van der Waals surface area contributed by atoms with E-state index in [4.69, 9.17) is 21.9 Å². The highest BCUT2D eigenvalue weighted by Gasteiger charge is 2.36. The van der Waals surface area contributed by atoms with Gasteiger partial charge in [-0.3, -0.25) is 0 Å². The van der Waals surface area contributed by atoms with E-state index in [-0.39, 0.29) is 0 Å². The molecule has 0 fully saturated rings. The van der Waals surface area contributed by atoms with Crippen molar-refractivity contribution in [3.8, 4) is 5.75 Å². The van der Waals surface area contributed by atoms with Crippen LogP contribution >= 0.6 is 0 Å². The first-order chi connectivity index (χ1) is 12.5. The number of nitrogens with one attached hydrogen (secondary N) is 1. The number of benzene rings is 1. The molecule has 1 aromatic heterocycles. The largest absolute Gasteiger partial charge is 0.496 e. The Hall–Kier alpha value is -2.67. The van der Waals surface area contributed by atoms with Crippen LogP contribution < -0.4 is 27.3 Å². The first-order valence-corrected chi connectivity index (χ1v) is 9.00. The third-order valence-electron chi connectivity index (χ3n) is 4.76. The van der Waals surface area contributed by atoms with Gasteiger partial charge >= 0.3 is 0 Å². The number of nitrogens with zero attached hydrogens (tertiary/aromatic N) is 2. The van der Waals surface area contributed by atoms with Crippen LogP contribution in [0.4, 0.5) is 11.4 Å². The molecule has 0 amide bonds. The third kappa shape index (κ3) is 3.48. The fraction of sp³-hybridized carbons (Fsp3) is 0.421. The summed E-state index contributed by atoms with van der Waals surface area (Å²) in [6, 6.07) is 7.62. The molecule has 26 heavy (non-hydrogen) atoms. The van der Waals surface area contributed by atoms with Gasteiger partial charge in [0.05, 0.1) is 25.0 Å². The summed E-state index contributed by atoms with van der Waals surface area (Å²) in [6.45, 7) is 2.76. The smallest absolute Gasteiger partial charge is 0.195 e. The predicted molar refractivity (Wildman–Crippen MR) is 106 cm³/mol. The fourth-order valence-electron chi connectivity index (χ4n) is 3.55. The number of rotatable bonds is 7. The van der Waals surface area contributed by atoms with Gasteiger partial charge in [0, 0.05) is 17.4 Å². The van der Waals surface area contributed by atoms with E-state index in [0.717, 1.165) is 48.4 Å². The average Bonchev–Trinajstić information content (AvgIpc) is 2.98. The van der Waals surface area contributed by atoms with E-state index < -0.39 is 5.66 Å². The Morgan fingerprint density at radius 1 is 1.23 bits per heavy atom. The van der Waals surface area contributed by atoms with Crippen molar-refractivity contribution < 1.29 is 4.74 Å². The Balaban J connectivity index is 1.97. The van der Waals surface area contributed by atoms with Crippen molar-refractivity contribution in [2.75, 3.05) is 18.2 Å².